The summed E-state index contributed by atoms with van der Waals surface area (Å²) in [6, 6.07) is 13.5. The highest BCUT2D eigenvalue weighted by atomic mass is 35.5. The highest BCUT2D eigenvalue weighted by molar-refractivity contribution is 6.30. The van der Waals surface area contributed by atoms with Gasteiger partial charge in [0.25, 0.3) is 0 Å². The second kappa shape index (κ2) is 7.23. The lowest BCUT2D eigenvalue weighted by Gasteiger charge is -2.21. The molecule has 110 valence electrons. The summed E-state index contributed by atoms with van der Waals surface area (Å²) in [6.45, 7) is 2.47. The lowest BCUT2D eigenvalue weighted by Crippen LogP contribution is -2.30. The van der Waals surface area contributed by atoms with Gasteiger partial charge in [0.2, 0.25) is 5.91 Å². The fourth-order valence-corrected chi connectivity index (χ4v) is 2.29. The van der Waals surface area contributed by atoms with Gasteiger partial charge >= 0.3 is 0 Å². The second-order valence-electron chi connectivity index (χ2n) is 4.74. The highest BCUT2D eigenvalue weighted by Gasteiger charge is 2.13. The van der Waals surface area contributed by atoms with Crippen LogP contribution in [0.4, 0.5) is 10.1 Å². The van der Waals surface area contributed by atoms with Crippen molar-refractivity contribution in [3.8, 4) is 0 Å². The monoisotopic (exact) mass is 305 g/mol. The molecule has 21 heavy (non-hydrogen) atoms. The molecule has 0 aromatic heterocycles. The number of anilines is 1. The van der Waals surface area contributed by atoms with Crippen LogP contribution in [0.15, 0.2) is 48.5 Å². The SMILES string of the molecule is CCN(C(=O)CCc1ccc(Cl)cc1)c1ccc(F)cc1. The fourth-order valence-electron chi connectivity index (χ4n) is 2.16. The van der Waals surface area contributed by atoms with Crippen molar-refractivity contribution in [1.29, 1.82) is 0 Å². The van der Waals surface area contributed by atoms with Gasteiger partial charge in [0.1, 0.15) is 5.82 Å². The summed E-state index contributed by atoms with van der Waals surface area (Å²) in [5.74, 6) is -0.275. The Balaban J connectivity index is 2.00. The van der Waals surface area contributed by atoms with Crippen LogP contribution in [0.5, 0.6) is 0 Å². The van der Waals surface area contributed by atoms with E-state index in [1.165, 1.54) is 12.1 Å². The molecule has 0 unspecified atom stereocenters. The Bertz CT molecular complexity index is 595. The average Bonchev–Trinajstić information content (AvgIpc) is 2.49. The van der Waals surface area contributed by atoms with Gasteiger partial charge < -0.3 is 4.90 Å². The third-order valence-electron chi connectivity index (χ3n) is 3.30. The molecule has 0 fully saturated rings. The van der Waals surface area contributed by atoms with Gasteiger partial charge in [-0.3, -0.25) is 4.79 Å². The van der Waals surface area contributed by atoms with Crippen LogP contribution < -0.4 is 4.90 Å². The predicted octanol–water partition coefficient (Wildman–Crippen LogP) is 4.46. The van der Waals surface area contributed by atoms with Crippen LogP contribution in [0.1, 0.15) is 18.9 Å². The van der Waals surface area contributed by atoms with Crippen molar-refractivity contribution in [2.45, 2.75) is 19.8 Å². The smallest absolute Gasteiger partial charge is 0.227 e. The molecule has 2 aromatic carbocycles. The number of rotatable bonds is 5. The molecule has 0 bridgehead atoms. The van der Waals surface area contributed by atoms with Crippen LogP contribution in [0.3, 0.4) is 0 Å². The van der Waals surface area contributed by atoms with Gasteiger partial charge in [-0.25, -0.2) is 4.39 Å². The van der Waals surface area contributed by atoms with E-state index in [1.54, 1.807) is 17.0 Å². The number of carbonyl (C=O) groups excluding carboxylic acids is 1. The summed E-state index contributed by atoms with van der Waals surface area (Å²) >= 11 is 5.83. The minimum Gasteiger partial charge on any atom is -0.313 e. The molecule has 0 aliphatic heterocycles. The summed E-state index contributed by atoms with van der Waals surface area (Å²) in [5.41, 5.74) is 1.79. The third-order valence-corrected chi connectivity index (χ3v) is 3.55. The predicted molar refractivity (Wildman–Crippen MR) is 84.2 cm³/mol. The fraction of sp³-hybridized carbons (Fsp3) is 0.235. The first kappa shape index (κ1) is 15.5. The van der Waals surface area contributed by atoms with Crippen LogP contribution >= 0.6 is 11.6 Å². The third kappa shape index (κ3) is 4.30. The van der Waals surface area contributed by atoms with Crippen LogP contribution in [0.2, 0.25) is 5.02 Å². The number of hydrogen-bond donors (Lipinski definition) is 0. The van der Waals surface area contributed by atoms with Gasteiger partial charge in [0, 0.05) is 23.7 Å². The van der Waals surface area contributed by atoms with Crippen molar-refractivity contribution in [1.82, 2.24) is 0 Å². The van der Waals surface area contributed by atoms with E-state index in [0.717, 1.165) is 11.3 Å². The van der Waals surface area contributed by atoms with E-state index >= 15 is 0 Å². The molecule has 0 heterocycles. The van der Waals surface area contributed by atoms with E-state index in [4.69, 9.17) is 11.6 Å². The first-order chi connectivity index (χ1) is 10.1. The first-order valence-electron chi connectivity index (χ1n) is 6.90. The lowest BCUT2D eigenvalue weighted by atomic mass is 10.1. The zero-order valence-corrected chi connectivity index (χ0v) is 12.6. The minimum absolute atomic E-state index is 0.0269. The van der Waals surface area contributed by atoms with Crippen molar-refractivity contribution < 1.29 is 9.18 Å². The summed E-state index contributed by atoms with van der Waals surface area (Å²) < 4.78 is 12.9. The topological polar surface area (TPSA) is 20.3 Å². The number of amides is 1. The van der Waals surface area contributed by atoms with Crippen molar-refractivity contribution in [2.75, 3.05) is 11.4 Å². The van der Waals surface area contributed by atoms with Crippen LogP contribution in [-0.2, 0) is 11.2 Å². The Hall–Kier alpha value is -1.87. The van der Waals surface area contributed by atoms with Crippen molar-refractivity contribution in [2.24, 2.45) is 0 Å². The van der Waals surface area contributed by atoms with Gasteiger partial charge in [0.05, 0.1) is 0 Å². The van der Waals surface area contributed by atoms with Crippen LogP contribution in [0, 0.1) is 5.82 Å². The molecule has 0 aliphatic carbocycles. The quantitative estimate of drug-likeness (QED) is 0.798. The van der Waals surface area contributed by atoms with E-state index in [9.17, 15) is 9.18 Å². The van der Waals surface area contributed by atoms with Crippen molar-refractivity contribution in [3.63, 3.8) is 0 Å². The standard InChI is InChI=1S/C17H17ClFNO/c1-2-20(16-10-8-15(19)9-11-16)17(21)12-5-13-3-6-14(18)7-4-13/h3-4,6-11H,2,5,12H2,1H3. The Kier molecular flexibility index (Phi) is 5.34. The summed E-state index contributed by atoms with van der Waals surface area (Å²) in [6.07, 6.45) is 1.07. The number of halogens is 2. The van der Waals surface area contributed by atoms with Gasteiger partial charge in [0.15, 0.2) is 0 Å². The van der Waals surface area contributed by atoms with Crippen LogP contribution in [0.25, 0.3) is 0 Å². The molecule has 0 saturated heterocycles. The maximum Gasteiger partial charge on any atom is 0.227 e. The zero-order valence-electron chi connectivity index (χ0n) is 11.9. The normalized spacial score (nSPS) is 10.4. The molecular formula is C17H17ClFNO. The van der Waals surface area contributed by atoms with E-state index in [2.05, 4.69) is 0 Å². The molecule has 4 heteroatoms. The zero-order chi connectivity index (χ0) is 15.2. The number of benzene rings is 2. The molecule has 1 amide bonds. The molecule has 0 radical (unpaired) electrons. The second-order valence-corrected chi connectivity index (χ2v) is 5.18. The van der Waals surface area contributed by atoms with Crippen molar-refractivity contribution in [3.05, 3.63) is 64.9 Å². The van der Waals surface area contributed by atoms with Crippen LogP contribution in [-0.4, -0.2) is 12.5 Å². The Morgan fingerprint density at radius 3 is 2.29 bits per heavy atom. The molecule has 2 aromatic rings. The molecule has 0 spiro atoms. The highest BCUT2D eigenvalue weighted by Crippen LogP contribution is 2.17. The number of hydrogen-bond acceptors (Lipinski definition) is 1. The Morgan fingerprint density at radius 1 is 1.10 bits per heavy atom. The first-order valence-corrected chi connectivity index (χ1v) is 7.28. The largest absolute Gasteiger partial charge is 0.313 e. The minimum atomic E-state index is -0.302. The van der Waals surface area contributed by atoms with E-state index in [0.29, 0.717) is 24.4 Å². The van der Waals surface area contributed by atoms with Gasteiger partial charge in [-0.05, 0) is 55.3 Å². The number of carbonyl (C=O) groups is 1. The molecular weight excluding hydrogens is 289 g/mol. The summed E-state index contributed by atoms with van der Waals surface area (Å²) in [5, 5.41) is 0.687. The van der Waals surface area contributed by atoms with Gasteiger partial charge in [-0.2, -0.15) is 0 Å². The number of nitrogens with zero attached hydrogens (tertiary/aromatic N) is 1. The molecule has 0 aliphatic rings. The molecule has 0 atom stereocenters. The van der Waals surface area contributed by atoms with Crippen molar-refractivity contribution >= 4 is 23.2 Å². The lowest BCUT2D eigenvalue weighted by molar-refractivity contribution is -0.118. The molecule has 0 N–H and O–H groups in total. The average molecular weight is 306 g/mol. The summed E-state index contributed by atoms with van der Waals surface area (Å²) in [4.78, 5) is 14.0. The Labute approximate surface area is 129 Å². The maximum absolute atomic E-state index is 12.9. The maximum atomic E-state index is 12.9. The molecule has 2 rings (SSSR count). The van der Waals surface area contributed by atoms with E-state index in [-0.39, 0.29) is 11.7 Å². The van der Waals surface area contributed by atoms with Gasteiger partial charge in [-0.1, -0.05) is 23.7 Å². The molecule has 2 nitrogen and oxygen atoms in total. The van der Waals surface area contributed by atoms with Gasteiger partial charge in [-0.15, -0.1) is 0 Å². The van der Waals surface area contributed by atoms with E-state index < -0.39 is 0 Å². The van der Waals surface area contributed by atoms with E-state index in [1.807, 2.05) is 31.2 Å². The Morgan fingerprint density at radius 2 is 1.71 bits per heavy atom. The summed E-state index contributed by atoms with van der Waals surface area (Å²) in [7, 11) is 0. The number of aryl methyl sites for hydroxylation is 1. The molecule has 0 saturated carbocycles.